The van der Waals surface area contributed by atoms with Gasteiger partial charge in [0.25, 0.3) is 0 Å². The lowest BCUT2D eigenvalue weighted by molar-refractivity contribution is 1.09. The smallest absolute Gasteiger partial charge is 0.0991 e. The molecule has 0 spiro atoms. The molecule has 0 aliphatic rings. The molecular weight excluding hydrogens is 200 g/mol. The molecule has 4 nitrogen and oxygen atoms in total. The molecule has 0 fully saturated rings. The van der Waals surface area contributed by atoms with Gasteiger partial charge in [0.15, 0.2) is 0 Å². The van der Waals surface area contributed by atoms with Crippen LogP contribution in [0.4, 0.5) is 5.69 Å². The van der Waals surface area contributed by atoms with E-state index < -0.39 is 0 Å². The second-order valence-electron chi connectivity index (χ2n) is 3.72. The molecule has 0 atom stereocenters. The van der Waals surface area contributed by atoms with Crippen molar-refractivity contribution in [1.29, 1.82) is 5.26 Å². The molecule has 2 aromatic rings. The van der Waals surface area contributed by atoms with Crippen LogP contribution in [0.15, 0.2) is 30.5 Å². The summed E-state index contributed by atoms with van der Waals surface area (Å²) in [6, 6.07) is 9.59. The van der Waals surface area contributed by atoms with Crippen molar-refractivity contribution < 1.29 is 0 Å². The number of aromatic nitrogens is 2. The molecule has 1 N–H and O–H groups in total. The first-order valence-corrected chi connectivity index (χ1v) is 4.93. The lowest BCUT2D eigenvalue weighted by Gasteiger charge is -2.12. The largest absolute Gasteiger partial charge is 0.375 e. The van der Waals surface area contributed by atoms with Crippen LogP contribution in [0.2, 0.25) is 0 Å². The van der Waals surface area contributed by atoms with Gasteiger partial charge in [0.2, 0.25) is 0 Å². The fourth-order valence-corrected chi connectivity index (χ4v) is 1.58. The Bertz CT molecular complexity index is 534. The highest BCUT2D eigenvalue weighted by Crippen LogP contribution is 2.27. The van der Waals surface area contributed by atoms with Gasteiger partial charge in [-0.15, -0.1) is 0 Å². The van der Waals surface area contributed by atoms with Crippen molar-refractivity contribution >= 4 is 5.69 Å². The Balaban J connectivity index is 2.51. The first-order valence-electron chi connectivity index (χ1n) is 4.93. The van der Waals surface area contributed by atoms with E-state index in [1.54, 1.807) is 12.3 Å². The Morgan fingerprint density at radius 1 is 1.38 bits per heavy atom. The van der Waals surface area contributed by atoms with E-state index in [4.69, 9.17) is 5.26 Å². The predicted molar refractivity (Wildman–Crippen MR) is 63.1 cm³/mol. The van der Waals surface area contributed by atoms with Crippen LogP contribution in [0.25, 0.3) is 11.3 Å². The molecule has 0 saturated carbocycles. The Morgan fingerprint density at radius 2 is 2.19 bits per heavy atom. The molecule has 1 heterocycles. The standard InChI is InChI=1S/C12H12N4/c1-16(2)11-8-14-15-12(11)10-5-3-4-9(6-10)7-13/h3-6,8H,1-2H3,(H,14,15). The molecular formula is C12H12N4. The third-order valence-corrected chi connectivity index (χ3v) is 2.38. The van der Waals surface area contributed by atoms with Crippen molar-refractivity contribution in [2.24, 2.45) is 0 Å². The second-order valence-corrected chi connectivity index (χ2v) is 3.72. The number of hydrogen-bond donors (Lipinski definition) is 1. The highest BCUT2D eigenvalue weighted by molar-refractivity contribution is 5.74. The summed E-state index contributed by atoms with van der Waals surface area (Å²) >= 11 is 0. The Labute approximate surface area is 94.1 Å². The van der Waals surface area contributed by atoms with Crippen molar-refractivity contribution in [1.82, 2.24) is 10.2 Å². The number of hydrogen-bond acceptors (Lipinski definition) is 3. The van der Waals surface area contributed by atoms with Gasteiger partial charge in [-0.3, -0.25) is 5.10 Å². The van der Waals surface area contributed by atoms with Crippen molar-refractivity contribution in [2.75, 3.05) is 19.0 Å². The molecule has 16 heavy (non-hydrogen) atoms. The minimum Gasteiger partial charge on any atom is -0.375 e. The second kappa shape index (κ2) is 4.07. The van der Waals surface area contributed by atoms with Crippen LogP contribution in [-0.4, -0.2) is 24.3 Å². The predicted octanol–water partition coefficient (Wildman–Crippen LogP) is 2.01. The Kier molecular flexibility index (Phi) is 2.61. The van der Waals surface area contributed by atoms with Crippen molar-refractivity contribution in [2.45, 2.75) is 0 Å². The van der Waals surface area contributed by atoms with Gasteiger partial charge in [-0.1, -0.05) is 12.1 Å². The molecule has 0 unspecified atom stereocenters. The summed E-state index contributed by atoms with van der Waals surface area (Å²) in [5, 5.41) is 15.8. The van der Waals surface area contributed by atoms with E-state index >= 15 is 0 Å². The SMILES string of the molecule is CN(C)c1cn[nH]c1-c1cccc(C#N)c1. The van der Waals surface area contributed by atoms with E-state index in [2.05, 4.69) is 16.3 Å². The normalized spacial score (nSPS) is 9.81. The fourth-order valence-electron chi connectivity index (χ4n) is 1.58. The zero-order valence-electron chi connectivity index (χ0n) is 9.23. The average molecular weight is 212 g/mol. The van der Waals surface area contributed by atoms with Crippen LogP contribution in [-0.2, 0) is 0 Å². The summed E-state index contributed by atoms with van der Waals surface area (Å²) in [4.78, 5) is 1.98. The summed E-state index contributed by atoms with van der Waals surface area (Å²) in [5.74, 6) is 0. The first kappa shape index (κ1) is 10.2. The van der Waals surface area contributed by atoms with Crippen molar-refractivity contribution in [3.63, 3.8) is 0 Å². The summed E-state index contributed by atoms with van der Waals surface area (Å²) in [5.41, 5.74) is 3.56. The highest BCUT2D eigenvalue weighted by atomic mass is 15.2. The molecule has 0 saturated heterocycles. The molecule has 0 radical (unpaired) electrons. The van der Waals surface area contributed by atoms with Crippen molar-refractivity contribution in [3.05, 3.63) is 36.0 Å². The quantitative estimate of drug-likeness (QED) is 0.828. The van der Waals surface area contributed by atoms with Crippen LogP contribution in [0, 0.1) is 11.3 Å². The van der Waals surface area contributed by atoms with Crippen LogP contribution in [0.3, 0.4) is 0 Å². The first-order chi connectivity index (χ1) is 7.72. The Hall–Kier alpha value is -2.28. The molecule has 4 heteroatoms. The summed E-state index contributed by atoms with van der Waals surface area (Å²) in [6.45, 7) is 0. The number of nitrogens with one attached hydrogen (secondary N) is 1. The molecule has 1 aromatic heterocycles. The molecule has 0 aliphatic carbocycles. The van der Waals surface area contributed by atoms with E-state index in [9.17, 15) is 0 Å². The van der Waals surface area contributed by atoms with E-state index in [-0.39, 0.29) is 0 Å². The maximum absolute atomic E-state index is 8.85. The van der Waals surface area contributed by atoms with Crippen LogP contribution < -0.4 is 4.90 Å². The highest BCUT2D eigenvalue weighted by Gasteiger charge is 2.09. The van der Waals surface area contributed by atoms with Gasteiger partial charge in [0, 0.05) is 19.7 Å². The lowest BCUT2D eigenvalue weighted by Crippen LogP contribution is -2.08. The maximum Gasteiger partial charge on any atom is 0.0991 e. The summed E-state index contributed by atoms with van der Waals surface area (Å²) in [7, 11) is 3.92. The van der Waals surface area contributed by atoms with E-state index in [1.807, 2.05) is 37.2 Å². The zero-order chi connectivity index (χ0) is 11.5. The lowest BCUT2D eigenvalue weighted by atomic mass is 10.1. The minimum absolute atomic E-state index is 0.650. The molecule has 0 bridgehead atoms. The number of nitrogens with zero attached hydrogens (tertiary/aromatic N) is 3. The van der Waals surface area contributed by atoms with E-state index in [0.29, 0.717) is 5.56 Å². The van der Waals surface area contributed by atoms with Crippen LogP contribution >= 0.6 is 0 Å². The fraction of sp³-hybridized carbons (Fsp3) is 0.167. The van der Waals surface area contributed by atoms with Crippen molar-refractivity contribution in [3.8, 4) is 17.3 Å². The number of benzene rings is 1. The molecule has 0 amide bonds. The number of anilines is 1. The molecule has 1 aromatic carbocycles. The Morgan fingerprint density at radius 3 is 2.88 bits per heavy atom. The third kappa shape index (κ3) is 1.75. The van der Waals surface area contributed by atoms with Gasteiger partial charge >= 0.3 is 0 Å². The topological polar surface area (TPSA) is 55.7 Å². The van der Waals surface area contributed by atoms with Crippen LogP contribution in [0.5, 0.6) is 0 Å². The minimum atomic E-state index is 0.650. The number of rotatable bonds is 2. The van der Waals surface area contributed by atoms with Gasteiger partial charge < -0.3 is 4.90 Å². The van der Waals surface area contributed by atoms with Gasteiger partial charge in [0.1, 0.15) is 0 Å². The van der Waals surface area contributed by atoms with E-state index in [1.165, 1.54) is 0 Å². The molecule has 0 aliphatic heterocycles. The maximum atomic E-state index is 8.85. The van der Waals surface area contributed by atoms with Crippen LogP contribution in [0.1, 0.15) is 5.56 Å². The number of H-pyrrole nitrogens is 1. The average Bonchev–Trinajstić information content (AvgIpc) is 2.78. The van der Waals surface area contributed by atoms with Gasteiger partial charge in [-0.05, 0) is 12.1 Å². The molecule has 80 valence electrons. The van der Waals surface area contributed by atoms with Gasteiger partial charge in [-0.25, -0.2) is 0 Å². The van der Waals surface area contributed by atoms with E-state index in [0.717, 1.165) is 16.9 Å². The molecule has 2 rings (SSSR count). The van der Waals surface area contributed by atoms with Gasteiger partial charge in [0.05, 0.1) is 29.2 Å². The number of aromatic amines is 1. The zero-order valence-corrected chi connectivity index (χ0v) is 9.23. The third-order valence-electron chi connectivity index (χ3n) is 2.38. The monoisotopic (exact) mass is 212 g/mol. The summed E-state index contributed by atoms with van der Waals surface area (Å²) < 4.78 is 0. The van der Waals surface area contributed by atoms with Gasteiger partial charge in [-0.2, -0.15) is 10.4 Å². The number of nitriles is 1. The summed E-state index contributed by atoms with van der Waals surface area (Å²) in [6.07, 6.45) is 1.77.